The molecule has 0 unspecified atom stereocenters. The van der Waals surface area contributed by atoms with Crippen molar-refractivity contribution in [2.75, 3.05) is 27.3 Å². The van der Waals surface area contributed by atoms with Gasteiger partial charge in [-0.15, -0.1) is 0 Å². The molecule has 0 fully saturated rings. The van der Waals surface area contributed by atoms with E-state index in [9.17, 15) is 9.59 Å². The van der Waals surface area contributed by atoms with E-state index in [-0.39, 0.29) is 18.9 Å². The Morgan fingerprint density at radius 3 is 2.33 bits per heavy atom. The number of ether oxygens (including phenoxy) is 2. The Bertz CT molecular complexity index is 458. The molecule has 0 spiro atoms. The second kappa shape index (κ2) is 8.84. The van der Waals surface area contributed by atoms with Crippen molar-refractivity contribution in [2.45, 2.75) is 19.3 Å². The Kier molecular flexibility index (Phi) is 7.08. The SMILES string of the molecule is COc1ccc(OCCCC(=O)N(C)CCC(=O)O)cc1. The van der Waals surface area contributed by atoms with Crippen molar-refractivity contribution in [1.29, 1.82) is 0 Å². The molecule has 1 rings (SSSR count). The molecule has 1 amide bonds. The fraction of sp³-hybridized carbons (Fsp3) is 0.467. The van der Waals surface area contributed by atoms with Crippen LogP contribution in [0.1, 0.15) is 19.3 Å². The van der Waals surface area contributed by atoms with E-state index in [0.717, 1.165) is 11.5 Å². The van der Waals surface area contributed by atoms with Crippen molar-refractivity contribution in [1.82, 2.24) is 4.90 Å². The number of benzene rings is 1. The second-order valence-electron chi connectivity index (χ2n) is 4.59. The Labute approximate surface area is 124 Å². The van der Waals surface area contributed by atoms with Gasteiger partial charge in [0.25, 0.3) is 0 Å². The monoisotopic (exact) mass is 295 g/mol. The summed E-state index contributed by atoms with van der Waals surface area (Å²) in [4.78, 5) is 23.6. The second-order valence-corrected chi connectivity index (χ2v) is 4.59. The standard InChI is InChI=1S/C15H21NO5/c1-16(10-9-15(18)19)14(17)4-3-11-21-13-7-5-12(20-2)6-8-13/h5-8H,3-4,9-11H2,1-2H3,(H,18,19). The molecule has 1 N–H and O–H groups in total. The van der Waals surface area contributed by atoms with Gasteiger partial charge in [0, 0.05) is 20.0 Å². The molecule has 6 nitrogen and oxygen atoms in total. The third-order valence-corrected chi connectivity index (χ3v) is 2.95. The van der Waals surface area contributed by atoms with E-state index in [1.807, 2.05) is 0 Å². The lowest BCUT2D eigenvalue weighted by Gasteiger charge is -2.16. The van der Waals surface area contributed by atoms with Gasteiger partial charge in [-0.3, -0.25) is 9.59 Å². The summed E-state index contributed by atoms with van der Waals surface area (Å²) in [7, 11) is 3.21. The lowest BCUT2D eigenvalue weighted by molar-refractivity contribution is -0.138. The molecule has 0 bridgehead atoms. The average Bonchev–Trinajstić information content (AvgIpc) is 2.49. The summed E-state index contributed by atoms with van der Waals surface area (Å²) in [5.41, 5.74) is 0. The van der Waals surface area contributed by atoms with Crippen molar-refractivity contribution in [3.8, 4) is 11.5 Å². The zero-order valence-corrected chi connectivity index (χ0v) is 12.4. The number of nitrogens with zero attached hydrogens (tertiary/aromatic N) is 1. The number of methoxy groups -OCH3 is 1. The van der Waals surface area contributed by atoms with Crippen LogP contribution in [0.3, 0.4) is 0 Å². The van der Waals surface area contributed by atoms with Crippen LogP contribution in [-0.2, 0) is 9.59 Å². The Balaban J connectivity index is 2.20. The van der Waals surface area contributed by atoms with Crippen LogP contribution < -0.4 is 9.47 Å². The molecule has 21 heavy (non-hydrogen) atoms. The highest BCUT2D eigenvalue weighted by Crippen LogP contribution is 2.17. The summed E-state index contributed by atoms with van der Waals surface area (Å²) in [5, 5.41) is 8.55. The van der Waals surface area contributed by atoms with Gasteiger partial charge in [-0.05, 0) is 30.7 Å². The van der Waals surface area contributed by atoms with Gasteiger partial charge >= 0.3 is 5.97 Å². The molecule has 1 aromatic rings. The van der Waals surface area contributed by atoms with Gasteiger partial charge < -0.3 is 19.5 Å². The molecular weight excluding hydrogens is 274 g/mol. The Morgan fingerprint density at radius 2 is 1.76 bits per heavy atom. The number of aliphatic carboxylic acids is 1. The van der Waals surface area contributed by atoms with Crippen LogP contribution >= 0.6 is 0 Å². The largest absolute Gasteiger partial charge is 0.497 e. The number of carbonyl (C=O) groups excluding carboxylic acids is 1. The van der Waals surface area contributed by atoms with Crippen molar-refractivity contribution >= 4 is 11.9 Å². The first-order valence-electron chi connectivity index (χ1n) is 6.75. The molecule has 0 atom stereocenters. The molecule has 0 radical (unpaired) electrons. The minimum Gasteiger partial charge on any atom is -0.497 e. The van der Waals surface area contributed by atoms with Crippen LogP contribution in [0.15, 0.2) is 24.3 Å². The third-order valence-electron chi connectivity index (χ3n) is 2.95. The average molecular weight is 295 g/mol. The van der Waals surface area contributed by atoms with Gasteiger partial charge in [-0.2, -0.15) is 0 Å². The van der Waals surface area contributed by atoms with Gasteiger partial charge in [-0.1, -0.05) is 0 Å². The summed E-state index contributed by atoms with van der Waals surface area (Å²) < 4.78 is 10.6. The molecule has 0 heterocycles. The number of hydrogen-bond donors (Lipinski definition) is 1. The lowest BCUT2D eigenvalue weighted by Crippen LogP contribution is -2.29. The highest BCUT2D eigenvalue weighted by atomic mass is 16.5. The van der Waals surface area contributed by atoms with Crippen LogP contribution in [0.4, 0.5) is 0 Å². The first-order valence-corrected chi connectivity index (χ1v) is 6.75. The molecule has 0 saturated heterocycles. The molecule has 116 valence electrons. The number of amides is 1. The Morgan fingerprint density at radius 1 is 1.14 bits per heavy atom. The van der Waals surface area contributed by atoms with Crippen molar-refractivity contribution in [3.05, 3.63) is 24.3 Å². The molecular formula is C15H21NO5. The zero-order chi connectivity index (χ0) is 15.7. The lowest BCUT2D eigenvalue weighted by atomic mass is 10.2. The van der Waals surface area contributed by atoms with Crippen LogP contribution in [-0.4, -0.2) is 49.2 Å². The first-order chi connectivity index (χ1) is 10.0. The van der Waals surface area contributed by atoms with E-state index in [1.54, 1.807) is 38.4 Å². The van der Waals surface area contributed by atoms with E-state index in [1.165, 1.54) is 4.90 Å². The molecule has 1 aromatic carbocycles. The van der Waals surface area contributed by atoms with Crippen LogP contribution in [0.25, 0.3) is 0 Å². The van der Waals surface area contributed by atoms with Gasteiger partial charge in [0.1, 0.15) is 11.5 Å². The highest BCUT2D eigenvalue weighted by molar-refractivity contribution is 5.76. The smallest absolute Gasteiger partial charge is 0.305 e. The summed E-state index contributed by atoms with van der Waals surface area (Å²) in [5.74, 6) is 0.507. The van der Waals surface area contributed by atoms with Crippen LogP contribution in [0, 0.1) is 0 Å². The number of rotatable bonds is 9. The molecule has 0 aliphatic carbocycles. The fourth-order valence-corrected chi connectivity index (χ4v) is 1.66. The Hall–Kier alpha value is -2.24. The topological polar surface area (TPSA) is 76.1 Å². The van der Waals surface area contributed by atoms with Gasteiger partial charge in [-0.25, -0.2) is 0 Å². The maximum atomic E-state index is 11.7. The molecule has 0 aliphatic rings. The summed E-state index contributed by atoms with van der Waals surface area (Å²) in [6, 6.07) is 7.22. The van der Waals surface area contributed by atoms with E-state index < -0.39 is 5.97 Å². The maximum absolute atomic E-state index is 11.7. The van der Waals surface area contributed by atoms with Crippen LogP contribution in [0.2, 0.25) is 0 Å². The number of carbonyl (C=O) groups is 2. The quantitative estimate of drug-likeness (QED) is 0.703. The number of hydrogen-bond acceptors (Lipinski definition) is 4. The van der Waals surface area contributed by atoms with Crippen molar-refractivity contribution < 1.29 is 24.2 Å². The van der Waals surface area contributed by atoms with E-state index in [4.69, 9.17) is 14.6 Å². The van der Waals surface area contributed by atoms with E-state index in [2.05, 4.69) is 0 Å². The molecule has 0 saturated carbocycles. The number of carboxylic acids is 1. The zero-order valence-electron chi connectivity index (χ0n) is 12.4. The molecule has 6 heteroatoms. The summed E-state index contributed by atoms with van der Waals surface area (Å²) in [6.45, 7) is 0.665. The van der Waals surface area contributed by atoms with Crippen molar-refractivity contribution in [2.24, 2.45) is 0 Å². The minimum atomic E-state index is -0.905. The first kappa shape index (κ1) is 16.8. The van der Waals surface area contributed by atoms with E-state index in [0.29, 0.717) is 19.4 Å². The normalized spacial score (nSPS) is 10.0. The van der Waals surface area contributed by atoms with Crippen LogP contribution in [0.5, 0.6) is 11.5 Å². The maximum Gasteiger partial charge on any atom is 0.305 e. The third kappa shape index (κ3) is 6.65. The van der Waals surface area contributed by atoms with Gasteiger partial charge in [0.05, 0.1) is 20.1 Å². The summed E-state index contributed by atoms with van der Waals surface area (Å²) in [6.07, 6.45) is 0.888. The fourth-order valence-electron chi connectivity index (χ4n) is 1.66. The van der Waals surface area contributed by atoms with Crippen molar-refractivity contribution in [3.63, 3.8) is 0 Å². The molecule has 0 aromatic heterocycles. The van der Waals surface area contributed by atoms with E-state index >= 15 is 0 Å². The highest BCUT2D eigenvalue weighted by Gasteiger charge is 2.09. The van der Waals surface area contributed by atoms with Gasteiger partial charge in [0.2, 0.25) is 5.91 Å². The summed E-state index contributed by atoms with van der Waals surface area (Å²) >= 11 is 0. The number of carboxylic acid groups (broad SMARTS) is 1. The minimum absolute atomic E-state index is 0.0371. The molecule has 0 aliphatic heterocycles. The predicted octanol–water partition coefficient (Wildman–Crippen LogP) is 1.79. The predicted molar refractivity (Wildman–Crippen MR) is 77.6 cm³/mol. The van der Waals surface area contributed by atoms with Gasteiger partial charge in [0.15, 0.2) is 0 Å².